The minimum absolute atomic E-state index is 0.228. The van der Waals surface area contributed by atoms with Crippen LogP contribution < -0.4 is 15.5 Å². The Morgan fingerprint density at radius 2 is 2.04 bits per heavy atom. The van der Waals surface area contributed by atoms with Crippen LogP contribution >= 0.6 is 0 Å². The van der Waals surface area contributed by atoms with Crippen LogP contribution in [0, 0.1) is 0 Å². The lowest BCUT2D eigenvalue weighted by molar-refractivity contribution is -0.119. The number of nitrogens with zero attached hydrogens (tertiary/aromatic N) is 2. The highest BCUT2D eigenvalue weighted by Gasteiger charge is 2.19. The molecule has 0 atom stereocenters. The normalized spacial score (nSPS) is 15.4. The lowest BCUT2D eigenvalue weighted by Crippen LogP contribution is -2.38. The van der Waals surface area contributed by atoms with Crippen LogP contribution in [-0.2, 0) is 16.1 Å². The Morgan fingerprint density at radius 1 is 1.24 bits per heavy atom. The van der Waals surface area contributed by atoms with Crippen LogP contribution in [0.4, 0.5) is 5.69 Å². The Bertz CT molecular complexity index is 557. The average molecular weight is 346 g/mol. The fourth-order valence-electron chi connectivity index (χ4n) is 2.80. The predicted octanol–water partition coefficient (Wildman–Crippen LogP) is 2.30. The van der Waals surface area contributed by atoms with Crippen molar-refractivity contribution in [1.29, 1.82) is 0 Å². The van der Waals surface area contributed by atoms with Crippen LogP contribution in [0.5, 0.6) is 0 Å². The van der Waals surface area contributed by atoms with Crippen molar-refractivity contribution in [3.63, 3.8) is 0 Å². The maximum absolute atomic E-state index is 12.0. The Hall–Kier alpha value is -2.08. The zero-order valence-electron chi connectivity index (χ0n) is 15.4. The topological polar surface area (TPSA) is 66.0 Å². The summed E-state index contributed by atoms with van der Waals surface area (Å²) in [5.41, 5.74) is 2.12. The van der Waals surface area contributed by atoms with Gasteiger partial charge < -0.3 is 20.3 Å². The zero-order valence-corrected chi connectivity index (χ0v) is 15.4. The van der Waals surface area contributed by atoms with Gasteiger partial charge >= 0.3 is 0 Å². The second-order valence-electron chi connectivity index (χ2n) is 6.14. The van der Waals surface area contributed by atoms with Gasteiger partial charge in [0, 0.05) is 45.5 Å². The molecular formula is C19H30N4O2. The van der Waals surface area contributed by atoms with Gasteiger partial charge in [0.1, 0.15) is 0 Å². The fraction of sp³-hybridized carbons (Fsp3) is 0.579. The number of hydrogen-bond donors (Lipinski definition) is 2. The number of aliphatic imine (C=N–C) groups is 1. The lowest BCUT2D eigenvalue weighted by Gasteiger charge is -2.26. The number of methoxy groups -OCH3 is 1. The molecule has 0 spiro atoms. The van der Waals surface area contributed by atoms with E-state index in [0.29, 0.717) is 13.0 Å². The van der Waals surface area contributed by atoms with Gasteiger partial charge in [-0.2, -0.15) is 0 Å². The third-order valence-electron chi connectivity index (χ3n) is 4.15. The van der Waals surface area contributed by atoms with Gasteiger partial charge in [-0.3, -0.25) is 4.79 Å². The van der Waals surface area contributed by atoms with Crippen molar-refractivity contribution in [2.24, 2.45) is 4.99 Å². The van der Waals surface area contributed by atoms with Gasteiger partial charge in [-0.05, 0) is 43.9 Å². The maximum Gasteiger partial charge on any atom is 0.226 e. The van der Waals surface area contributed by atoms with Gasteiger partial charge in [0.15, 0.2) is 5.96 Å². The SMILES string of the molecule is CCNC(=NCc1ccc(N2CCCCC2=O)cc1)NCCCOC. The number of amides is 1. The van der Waals surface area contributed by atoms with E-state index in [2.05, 4.69) is 34.7 Å². The molecule has 0 unspecified atom stereocenters. The second kappa shape index (κ2) is 10.7. The number of ether oxygens (including phenoxy) is 1. The number of nitrogens with one attached hydrogen (secondary N) is 2. The van der Waals surface area contributed by atoms with Gasteiger partial charge in [0.05, 0.1) is 6.54 Å². The van der Waals surface area contributed by atoms with Crippen molar-refractivity contribution in [2.75, 3.05) is 38.3 Å². The third kappa shape index (κ3) is 6.38. The molecule has 6 heteroatoms. The molecule has 138 valence electrons. The Kier molecular flexibility index (Phi) is 8.25. The van der Waals surface area contributed by atoms with Crippen molar-refractivity contribution in [2.45, 2.75) is 39.2 Å². The van der Waals surface area contributed by atoms with Crippen molar-refractivity contribution in [3.8, 4) is 0 Å². The maximum atomic E-state index is 12.0. The molecule has 2 N–H and O–H groups in total. The molecule has 6 nitrogen and oxygen atoms in total. The van der Waals surface area contributed by atoms with Crippen LogP contribution in [-0.4, -0.2) is 45.2 Å². The standard InChI is InChI=1S/C19H30N4O2/c1-3-20-19(21-12-6-14-25-2)22-15-16-8-10-17(11-9-16)23-13-5-4-7-18(23)24/h8-11H,3-7,12-15H2,1-2H3,(H2,20,21,22). The summed E-state index contributed by atoms with van der Waals surface area (Å²) >= 11 is 0. The molecule has 0 bridgehead atoms. The number of guanidine groups is 1. The zero-order chi connectivity index (χ0) is 17.9. The van der Waals surface area contributed by atoms with Gasteiger partial charge in [0.2, 0.25) is 5.91 Å². The lowest BCUT2D eigenvalue weighted by atomic mass is 10.1. The summed E-state index contributed by atoms with van der Waals surface area (Å²) in [7, 11) is 1.71. The number of rotatable bonds is 8. The first-order chi connectivity index (χ1) is 12.2. The summed E-state index contributed by atoms with van der Waals surface area (Å²) < 4.78 is 5.05. The molecule has 1 aromatic rings. The predicted molar refractivity (Wildman–Crippen MR) is 102 cm³/mol. The number of carbonyl (C=O) groups excluding carboxylic acids is 1. The molecule has 1 aliphatic heterocycles. The number of hydrogen-bond acceptors (Lipinski definition) is 3. The monoisotopic (exact) mass is 346 g/mol. The van der Waals surface area contributed by atoms with E-state index in [9.17, 15) is 4.79 Å². The molecule has 1 fully saturated rings. The summed E-state index contributed by atoms with van der Waals surface area (Å²) in [6.07, 6.45) is 3.69. The number of piperidine rings is 1. The third-order valence-corrected chi connectivity index (χ3v) is 4.15. The van der Waals surface area contributed by atoms with Crippen molar-refractivity contribution in [1.82, 2.24) is 10.6 Å². The van der Waals surface area contributed by atoms with Crippen molar-refractivity contribution in [3.05, 3.63) is 29.8 Å². The van der Waals surface area contributed by atoms with E-state index in [4.69, 9.17) is 4.74 Å². The Labute approximate surface area is 150 Å². The highest BCUT2D eigenvalue weighted by Crippen LogP contribution is 2.21. The fourth-order valence-corrected chi connectivity index (χ4v) is 2.80. The molecule has 0 radical (unpaired) electrons. The second-order valence-corrected chi connectivity index (χ2v) is 6.14. The van der Waals surface area contributed by atoms with Gasteiger partial charge in [-0.15, -0.1) is 0 Å². The summed E-state index contributed by atoms with van der Waals surface area (Å²) in [6.45, 7) is 5.88. The summed E-state index contributed by atoms with van der Waals surface area (Å²) in [6, 6.07) is 8.14. The van der Waals surface area contributed by atoms with Gasteiger partial charge in [-0.25, -0.2) is 4.99 Å². The van der Waals surface area contributed by atoms with Crippen molar-refractivity contribution >= 4 is 17.6 Å². The molecule has 2 rings (SSSR count). The van der Waals surface area contributed by atoms with Crippen molar-refractivity contribution < 1.29 is 9.53 Å². The van der Waals surface area contributed by atoms with E-state index in [1.54, 1.807) is 7.11 Å². The van der Waals surface area contributed by atoms with Gasteiger partial charge in [0.25, 0.3) is 0 Å². The van der Waals surface area contributed by atoms with Crippen LogP contribution in [0.2, 0.25) is 0 Å². The van der Waals surface area contributed by atoms with Crippen LogP contribution in [0.1, 0.15) is 38.2 Å². The van der Waals surface area contributed by atoms with Gasteiger partial charge in [-0.1, -0.05) is 12.1 Å². The highest BCUT2D eigenvalue weighted by molar-refractivity contribution is 5.93. The molecule has 1 amide bonds. The molecule has 1 heterocycles. The van der Waals surface area contributed by atoms with Crippen LogP contribution in [0.15, 0.2) is 29.3 Å². The largest absolute Gasteiger partial charge is 0.385 e. The quantitative estimate of drug-likeness (QED) is 0.431. The van der Waals surface area contributed by atoms with E-state index in [1.807, 2.05) is 17.0 Å². The van der Waals surface area contributed by atoms with E-state index in [1.165, 1.54) is 0 Å². The molecule has 0 saturated carbocycles. The first-order valence-electron chi connectivity index (χ1n) is 9.15. The molecular weight excluding hydrogens is 316 g/mol. The molecule has 0 aromatic heterocycles. The first kappa shape index (κ1) is 19.2. The molecule has 0 aliphatic carbocycles. The summed E-state index contributed by atoms with van der Waals surface area (Å²) in [5, 5.41) is 6.54. The van der Waals surface area contributed by atoms with E-state index in [0.717, 1.165) is 62.7 Å². The number of benzene rings is 1. The van der Waals surface area contributed by atoms with Crippen LogP contribution in [0.25, 0.3) is 0 Å². The Morgan fingerprint density at radius 3 is 2.72 bits per heavy atom. The number of anilines is 1. The highest BCUT2D eigenvalue weighted by atomic mass is 16.5. The summed E-state index contributed by atoms with van der Waals surface area (Å²) in [4.78, 5) is 18.5. The average Bonchev–Trinajstić information content (AvgIpc) is 2.64. The smallest absolute Gasteiger partial charge is 0.226 e. The van der Waals surface area contributed by atoms with E-state index < -0.39 is 0 Å². The van der Waals surface area contributed by atoms with E-state index in [-0.39, 0.29) is 5.91 Å². The van der Waals surface area contributed by atoms with Crippen LogP contribution in [0.3, 0.4) is 0 Å². The summed E-state index contributed by atoms with van der Waals surface area (Å²) in [5.74, 6) is 1.04. The first-order valence-corrected chi connectivity index (χ1v) is 9.15. The molecule has 1 aliphatic rings. The Balaban J connectivity index is 1.90. The number of carbonyl (C=O) groups is 1. The molecule has 1 saturated heterocycles. The molecule has 25 heavy (non-hydrogen) atoms. The molecule has 1 aromatic carbocycles. The minimum Gasteiger partial charge on any atom is -0.385 e. The van der Waals surface area contributed by atoms with E-state index >= 15 is 0 Å². The minimum atomic E-state index is 0.228.